The van der Waals surface area contributed by atoms with Crippen LogP contribution in [0, 0.1) is 0 Å². The Morgan fingerprint density at radius 1 is 1.14 bits per heavy atom. The maximum absolute atomic E-state index is 12.2. The summed E-state index contributed by atoms with van der Waals surface area (Å²) in [6.07, 6.45) is 1.51. The van der Waals surface area contributed by atoms with E-state index in [4.69, 9.17) is 0 Å². The highest BCUT2D eigenvalue weighted by molar-refractivity contribution is 7.09. The highest BCUT2D eigenvalue weighted by Crippen LogP contribution is 2.32. The van der Waals surface area contributed by atoms with Crippen LogP contribution in [-0.4, -0.2) is 36.1 Å². The number of hydrogen-bond acceptors (Lipinski definition) is 7. The molecule has 0 aliphatic heterocycles. The fraction of sp³-hybridized carbons (Fsp3) is 0.286. The SMILES string of the molecule is CC[C@@H](Cc1cccs1)Nc1c(Nc2cccc(C(=O)N(C)C)c2O)c(=O)c1=O. The number of anilines is 3. The zero-order valence-corrected chi connectivity index (χ0v) is 17.3. The number of carbonyl (C=O) groups excluding carboxylic acids is 1. The maximum atomic E-state index is 12.2. The van der Waals surface area contributed by atoms with Gasteiger partial charge in [-0.2, -0.15) is 0 Å². The largest absolute Gasteiger partial charge is 0.505 e. The first kappa shape index (κ1) is 20.6. The molecule has 1 amide bonds. The van der Waals surface area contributed by atoms with Crippen LogP contribution in [0.3, 0.4) is 0 Å². The van der Waals surface area contributed by atoms with E-state index in [0.717, 1.165) is 12.8 Å². The molecule has 8 heteroatoms. The molecule has 0 saturated heterocycles. The molecule has 1 heterocycles. The van der Waals surface area contributed by atoms with Crippen LogP contribution in [0.5, 0.6) is 5.75 Å². The molecular weight excluding hydrogens is 390 g/mol. The number of phenols is 1. The predicted molar refractivity (Wildman–Crippen MR) is 116 cm³/mol. The average Bonchev–Trinajstić information content (AvgIpc) is 3.22. The quantitative estimate of drug-likeness (QED) is 0.388. The van der Waals surface area contributed by atoms with Crippen molar-refractivity contribution in [2.45, 2.75) is 25.8 Å². The minimum atomic E-state index is -0.651. The van der Waals surface area contributed by atoms with Crippen molar-refractivity contribution < 1.29 is 9.90 Å². The van der Waals surface area contributed by atoms with Gasteiger partial charge >= 0.3 is 0 Å². The molecule has 1 aromatic heterocycles. The van der Waals surface area contributed by atoms with Crippen LogP contribution in [0.25, 0.3) is 0 Å². The van der Waals surface area contributed by atoms with Crippen molar-refractivity contribution in [2.24, 2.45) is 0 Å². The predicted octanol–water partition coefficient (Wildman–Crippen LogP) is 2.93. The lowest BCUT2D eigenvalue weighted by atomic mass is 10.1. The van der Waals surface area contributed by atoms with Gasteiger partial charge in [0.25, 0.3) is 16.8 Å². The summed E-state index contributed by atoms with van der Waals surface area (Å²) in [5.74, 6) is -0.632. The van der Waals surface area contributed by atoms with Gasteiger partial charge in [-0.3, -0.25) is 14.4 Å². The van der Waals surface area contributed by atoms with Crippen molar-refractivity contribution >= 4 is 34.3 Å². The number of thiophene rings is 1. The standard InChI is InChI=1S/C21H23N3O4S/c1-4-12(11-13-7-6-10-29-13)22-16-17(20(27)19(16)26)23-15-9-5-8-14(18(15)25)21(28)24(2)3/h5-10,12,22-23,25H,4,11H2,1-3H3/t12-/m0/s1. The molecule has 0 unspecified atom stereocenters. The van der Waals surface area contributed by atoms with Crippen molar-refractivity contribution in [1.82, 2.24) is 4.90 Å². The number of nitrogens with one attached hydrogen (secondary N) is 2. The average molecular weight is 413 g/mol. The summed E-state index contributed by atoms with van der Waals surface area (Å²) in [7, 11) is 3.16. The molecule has 152 valence electrons. The lowest BCUT2D eigenvalue weighted by Gasteiger charge is -2.22. The summed E-state index contributed by atoms with van der Waals surface area (Å²) in [5.41, 5.74) is -0.623. The third-order valence-electron chi connectivity index (χ3n) is 4.71. The molecule has 0 saturated carbocycles. The van der Waals surface area contributed by atoms with Crippen molar-refractivity contribution in [3.8, 4) is 5.75 Å². The minimum absolute atomic E-state index is 0.00671. The van der Waals surface area contributed by atoms with E-state index >= 15 is 0 Å². The Morgan fingerprint density at radius 3 is 2.48 bits per heavy atom. The van der Waals surface area contributed by atoms with E-state index in [1.165, 1.54) is 15.8 Å². The Morgan fingerprint density at radius 2 is 1.86 bits per heavy atom. The van der Waals surface area contributed by atoms with Crippen LogP contribution in [0.4, 0.5) is 17.1 Å². The van der Waals surface area contributed by atoms with Gasteiger partial charge in [0.2, 0.25) is 0 Å². The maximum Gasteiger partial charge on any atom is 0.257 e. The zero-order valence-electron chi connectivity index (χ0n) is 16.5. The zero-order chi connectivity index (χ0) is 21.1. The fourth-order valence-corrected chi connectivity index (χ4v) is 3.80. The third-order valence-corrected chi connectivity index (χ3v) is 5.61. The topological polar surface area (TPSA) is 98.7 Å². The smallest absolute Gasteiger partial charge is 0.257 e. The van der Waals surface area contributed by atoms with Crippen molar-refractivity contribution in [1.29, 1.82) is 0 Å². The highest BCUT2D eigenvalue weighted by atomic mass is 32.1. The second-order valence-electron chi connectivity index (χ2n) is 6.97. The number of carbonyl (C=O) groups is 1. The number of amides is 1. The Bertz CT molecular complexity index is 1080. The number of benzene rings is 1. The van der Waals surface area contributed by atoms with Gasteiger partial charge in [0.15, 0.2) is 5.75 Å². The first-order valence-electron chi connectivity index (χ1n) is 9.26. The van der Waals surface area contributed by atoms with E-state index in [1.807, 2.05) is 24.4 Å². The van der Waals surface area contributed by atoms with Gasteiger partial charge in [-0.05, 0) is 30.0 Å². The summed E-state index contributed by atoms with van der Waals surface area (Å²) >= 11 is 1.64. The van der Waals surface area contributed by atoms with Gasteiger partial charge in [0, 0.05) is 31.4 Å². The molecule has 2 aromatic carbocycles. The van der Waals surface area contributed by atoms with Gasteiger partial charge in [0.05, 0.1) is 11.3 Å². The number of hydrogen-bond donors (Lipinski definition) is 3. The van der Waals surface area contributed by atoms with Crippen molar-refractivity contribution in [3.63, 3.8) is 0 Å². The van der Waals surface area contributed by atoms with Crippen LogP contribution in [0.1, 0.15) is 28.6 Å². The van der Waals surface area contributed by atoms with Crippen LogP contribution >= 0.6 is 11.3 Å². The van der Waals surface area contributed by atoms with Crippen molar-refractivity contribution in [2.75, 3.05) is 24.7 Å². The number of nitrogens with zero attached hydrogens (tertiary/aromatic N) is 1. The Hall–Kier alpha value is -3.13. The van der Waals surface area contributed by atoms with E-state index in [-0.39, 0.29) is 40.3 Å². The summed E-state index contributed by atoms with van der Waals surface area (Å²) in [6, 6.07) is 8.64. The molecule has 0 radical (unpaired) electrons. The minimum Gasteiger partial charge on any atom is -0.505 e. The molecule has 1 atom stereocenters. The molecule has 7 nitrogen and oxygen atoms in total. The number of aromatic hydroxyl groups is 1. The molecule has 3 rings (SSSR count). The van der Waals surface area contributed by atoms with Gasteiger partial charge in [-0.1, -0.05) is 19.1 Å². The summed E-state index contributed by atoms with van der Waals surface area (Å²) < 4.78 is 0. The monoisotopic (exact) mass is 413 g/mol. The highest BCUT2D eigenvalue weighted by Gasteiger charge is 2.25. The van der Waals surface area contributed by atoms with E-state index in [0.29, 0.717) is 0 Å². The molecule has 0 aliphatic rings. The number of phenolic OH excluding ortho intramolecular Hbond substituents is 1. The first-order chi connectivity index (χ1) is 13.8. The molecule has 0 aliphatic carbocycles. The summed E-state index contributed by atoms with van der Waals surface area (Å²) in [4.78, 5) is 39.0. The third kappa shape index (κ3) is 4.17. The van der Waals surface area contributed by atoms with Crippen LogP contribution in [0.15, 0.2) is 45.3 Å². The number of para-hydroxylation sites is 1. The Kier molecular flexibility index (Phi) is 6.03. The molecule has 0 spiro atoms. The second-order valence-corrected chi connectivity index (χ2v) is 8.00. The van der Waals surface area contributed by atoms with Crippen LogP contribution in [-0.2, 0) is 6.42 Å². The normalized spacial score (nSPS) is 12.0. The van der Waals surface area contributed by atoms with Gasteiger partial charge in [-0.25, -0.2) is 0 Å². The van der Waals surface area contributed by atoms with Gasteiger partial charge < -0.3 is 20.6 Å². The van der Waals surface area contributed by atoms with E-state index in [2.05, 4.69) is 10.6 Å². The molecule has 0 bridgehead atoms. The van der Waals surface area contributed by atoms with Gasteiger partial charge in [0.1, 0.15) is 11.4 Å². The molecule has 29 heavy (non-hydrogen) atoms. The molecule has 0 fully saturated rings. The second kappa shape index (κ2) is 8.48. The van der Waals surface area contributed by atoms with Crippen LogP contribution < -0.4 is 21.5 Å². The molecule has 3 aromatic rings. The Labute approximate surface area is 172 Å². The van der Waals surface area contributed by atoms with E-state index in [9.17, 15) is 19.5 Å². The summed E-state index contributed by atoms with van der Waals surface area (Å²) in [5, 5.41) is 18.5. The van der Waals surface area contributed by atoms with E-state index in [1.54, 1.807) is 37.6 Å². The van der Waals surface area contributed by atoms with Crippen molar-refractivity contribution in [3.05, 3.63) is 66.6 Å². The van der Waals surface area contributed by atoms with Crippen LogP contribution in [0.2, 0.25) is 0 Å². The fourth-order valence-electron chi connectivity index (χ4n) is 3.01. The lowest BCUT2D eigenvalue weighted by Crippen LogP contribution is -2.39. The van der Waals surface area contributed by atoms with E-state index < -0.39 is 10.9 Å². The first-order valence-corrected chi connectivity index (χ1v) is 10.1. The molecule has 3 N–H and O–H groups in total. The summed E-state index contributed by atoms with van der Waals surface area (Å²) in [6.45, 7) is 2.01. The number of rotatable bonds is 8. The Balaban J connectivity index is 1.84. The molecular formula is C21H23N3O4S. The lowest BCUT2D eigenvalue weighted by molar-refractivity contribution is 0.0824. The van der Waals surface area contributed by atoms with Gasteiger partial charge in [-0.15, -0.1) is 11.3 Å².